The van der Waals surface area contributed by atoms with E-state index in [1.54, 1.807) is 24.3 Å². The van der Waals surface area contributed by atoms with Gasteiger partial charge in [0, 0.05) is 25.6 Å². The predicted octanol–water partition coefficient (Wildman–Crippen LogP) is 2.07. The van der Waals surface area contributed by atoms with Crippen molar-refractivity contribution in [1.82, 2.24) is 10.3 Å². The van der Waals surface area contributed by atoms with Gasteiger partial charge in [-0.25, -0.2) is 13.4 Å². The second-order valence-corrected chi connectivity index (χ2v) is 10.0. The molecule has 0 radical (unpaired) electrons. The number of aromatic nitrogens is 1. The molecule has 1 saturated heterocycles. The lowest BCUT2D eigenvalue weighted by molar-refractivity contribution is 0.0948. The monoisotopic (exact) mass is 471 g/mol. The first-order valence-electron chi connectivity index (χ1n) is 11.2. The Morgan fingerprint density at radius 1 is 1.27 bits per heavy atom. The van der Waals surface area contributed by atoms with Crippen LogP contribution in [0.1, 0.15) is 47.8 Å². The van der Waals surface area contributed by atoms with Gasteiger partial charge in [0.25, 0.3) is 15.9 Å². The molecule has 0 spiro atoms. The number of hydrogen-bond donors (Lipinski definition) is 2. The lowest BCUT2D eigenvalue weighted by atomic mass is 9.98. The molecule has 0 unspecified atom stereocenters. The molecular weight excluding hydrogens is 442 g/mol. The maximum Gasteiger partial charge on any atom is 0.269 e. The summed E-state index contributed by atoms with van der Waals surface area (Å²) >= 11 is 0. The van der Waals surface area contributed by atoms with E-state index in [9.17, 15) is 13.2 Å². The molecule has 1 aromatic carbocycles. The second kappa shape index (κ2) is 9.78. The van der Waals surface area contributed by atoms with E-state index < -0.39 is 10.0 Å². The van der Waals surface area contributed by atoms with Crippen LogP contribution in [-0.2, 0) is 15.8 Å². The molecule has 33 heavy (non-hydrogen) atoms. The maximum absolute atomic E-state index is 12.3. The number of fused-ring (bicyclic) bond motifs is 1. The molecule has 10 heteroatoms. The number of pyridine rings is 1. The summed E-state index contributed by atoms with van der Waals surface area (Å²) in [5, 5.41) is 2.86. The van der Waals surface area contributed by atoms with Gasteiger partial charge in [-0.1, -0.05) is 25.1 Å². The van der Waals surface area contributed by atoms with Crippen molar-refractivity contribution in [2.24, 2.45) is 16.0 Å². The zero-order chi connectivity index (χ0) is 23.4. The van der Waals surface area contributed by atoms with Crippen LogP contribution in [0, 0.1) is 5.92 Å². The van der Waals surface area contributed by atoms with E-state index in [1.165, 1.54) is 0 Å². The van der Waals surface area contributed by atoms with Crippen molar-refractivity contribution in [3.05, 3.63) is 53.2 Å². The zero-order valence-corrected chi connectivity index (χ0v) is 19.5. The first-order chi connectivity index (χ1) is 15.9. The molecular formula is C23H29N5O4S. The summed E-state index contributed by atoms with van der Waals surface area (Å²) < 4.78 is 33.5. The summed E-state index contributed by atoms with van der Waals surface area (Å²) in [7, 11) is -3.59. The summed E-state index contributed by atoms with van der Waals surface area (Å²) in [5.41, 5.74) is 7.52. The van der Waals surface area contributed by atoms with Crippen LogP contribution in [0.5, 0.6) is 5.75 Å². The predicted molar refractivity (Wildman–Crippen MR) is 127 cm³/mol. The van der Waals surface area contributed by atoms with Crippen LogP contribution in [0.2, 0.25) is 0 Å². The van der Waals surface area contributed by atoms with E-state index in [0.29, 0.717) is 35.7 Å². The van der Waals surface area contributed by atoms with Crippen molar-refractivity contribution >= 4 is 27.6 Å². The molecule has 2 aliphatic rings. The number of sulfonamides is 1. The first kappa shape index (κ1) is 23.0. The second-order valence-electron chi connectivity index (χ2n) is 8.40. The smallest absolute Gasteiger partial charge is 0.269 e. The van der Waals surface area contributed by atoms with Crippen molar-refractivity contribution in [2.45, 2.75) is 31.9 Å². The van der Waals surface area contributed by atoms with Crippen LogP contribution < -0.4 is 20.7 Å². The van der Waals surface area contributed by atoms with E-state index in [1.807, 2.05) is 19.1 Å². The van der Waals surface area contributed by atoms with Crippen LogP contribution in [0.3, 0.4) is 0 Å². The number of carbonyl (C=O) groups is 1. The molecule has 0 bridgehead atoms. The minimum atomic E-state index is -3.59. The van der Waals surface area contributed by atoms with Crippen molar-refractivity contribution in [2.75, 3.05) is 31.1 Å². The quantitative estimate of drug-likeness (QED) is 0.633. The van der Waals surface area contributed by atoms with Gasteiger partial charge in [0.2, 0.25) is 0 Å². The van der Waals surface area contributed by atoms with Crippen LogP contribution in [0.4, 0.5) is 5.82 Å². The molecule has 9 nitrogen and oxygen atoms in total. The van der Waals surface area contributed by atoms with E-state index >= 15 is 0 Å². The molecule has 176 valence electrons. The number of carbonyl (C=O) groups excluding carboxylic acids is 1. The first-order valence-corrected chi connectivity index (χ1v) is 12.8. The number of rotatable bonds is 7. The van der Waals surface area contributed by atoms with Gasteiger partial charge in [0.05, 0.1) is 17.9 Å². The molecule has 3 heterocycles. The van der Waals surface area contributed by atoms with Gasteiger partial charge in [-0.3, -0.25) is 4.79 Å². The molecule has 1 fully saturated rings. The van der Waals surface area contributed by atoms with Gasteiger partial charge in [0.1, 0.15) is 23.1 Å². The van der Waals surface area contributed by atoms with E-state index in [0.717, 1.165) is 38.2 Å². The molecule has 1 amide bonds. The lowest BCUT2D eigenvalue weighted by Crippen LogP contribution is -2.38. The fraction of sp³-hybridized carbons (Fsp3) is 0.435. The van der Waals surface area contributed by atoms with Crippen LogP contribution in [-0.4, -0.2) is 51.4 Å². The van der Waals surface area contributed by atoms with Crippen LogP contribution >= 0.6 is 0 Å². The Morgan fingerprint density at radius 2 is 2.09 bits per heavy atom. The van der Waals surface area contributed by atoms with Gasteiger partial charge >= 0.3 is 0 Å². The summed E-state index contributed by atoms with van der Waals surface area (Å²) in [4.78, 5) is 19.0. The molecule has 3 N–H and O–H groups in total. The number of nitrogens with zero attached hydrogens (tertiary/aromatic N) is 3. The SMILES string of the molecule is CCCNC(=O)c1cccc(N2CCC[C@H](COc3cccc4c3C(N)=NS(=O)(=O)C4)C2)n1. The number of nitrogens with two attached hydrogens (primary N) is 1. The largest absolute Gasteiger partial charge is 0.492 e. The summed E-state index contributed by atoms with van der Waals surface area (Å²) in [5.74, 6) is 1.21. The summed E-state index contributed by atoms with van der Waals surface area (Å²) in [6, 6.07) is 10.8. The number of benzene rings is 1. The van der Waals surface area contributed by atoms with Gasteiger partial charge in [-0.15, -0.1) is 4.40 Å². The third-order valence-corrected chi connectivity index (χ3v) is 6.91. The summed E-state index contributed by atoms with van der Waals surface area (Å²) in [6.07, 6.45) is 2.86. The number of hydrogen-bond acceptors (Lipinski definition) is 7. The molecule has 0 aliphatic carbocycles. The minimum Gasteiger partial charge on any atom is -0.492 e. The fourth-order valence-electron chi connectivity index (χ4n) is 4.20. The van der Waals surface area contributed by atoms with Crippen molar-refractivity contribution in [3.63, 3.8) is 0 Å². The highest BCUT2D eigenvalue weighted by Gasteiger charge is 2.27. The highest BCUT2D eigenvalue weighted by atomic mass is 32.2. The fourth-order valence-corrected chi connectivity index (χ4v) is 5.29. The number of piperidine rings is 1. The van der Waals surface area contributed by atoms with Gasteiger partial charge in [-0.2, -0.15) is 0 Å². The Balaban J connectivity index is 1.43. The number of nitrogens with one attached hydrogen (secondary N) is 1. The number of ether oxygens (including phenoxy) is 1. The number of amides is 1. The normalized spacial score (nSPS) is 19.4. The average Bonchev–Trinajstić information content (AvgIpc) is 2.80. The van der Waals surface area contributed by atoms with Crippen molar-refractivity contribution < 1.29 is 17.9 Å². The zero-order valence-electron chi connectivity index (χ0n) is 18.7. The average molecular weight is 472 g/mol. The van der Waals surface area contributed by atoms with Crippen molar-refractivity contribution in [1.29, 1.82) is 0 Å². The lowest BCUT2D eigenvalue weighted by Gasteiger charge is -2.33. The molecule has 4 rings (SSSR count). The number of amidine groups is 1. The highest BCUT2D eigenvalue weighted by Crippen LogP contribution is 2.29. The third-order valence-electron chi connectivity index (χ3n) is 5.76. The Bertz CT molecular complexity index is 1170. The van der Waals surface area contributed by atoms with Gasteiger partial charge < -0.3 is 20.7 Å². The topological polar surface area (TPSA) is 127 Å². The standard InChI is InChI=1S/C23H29N5O4S/c1-2-11-25-23(29)18-8-4-10-20(26-18)28-12-5-6-16(13-28)14-32-19-9-3-7-17-15-33(30,31)27-22(24)21(17)19/h3-4,7-10,16H,2,5-6,11-15H2,1H3,(H2,24,27)(H,25,29)/t16-/m0/s1. The van der Waals surface area contributed by atoms with Crippen molar-refractivity contribution in [3.8, 4) is 5.75 Å². The van der Waals surface area contributed by atoms with Gasteiger partial charge in [0.15, 0.2) is 0 Å². The Morgan fingerprint density at radius 3 is 2.91 bits per heavy atom. The Labute approximate surface area is 194 Å². The molecule has 0 saturated carbocycles. The maximum atomic E-state index is 12.3. The van der Waals surface area contributed by atoms with E-state index in [2.05, 4.69) is 19.6 Å². The van der Waals surface area contributed by atoms with Gasteiger partial charge in [-0.05, 0) is 43.0 Å². The molecule has 1 atom stereocenters. The van der Waals surface area contributed by atoms with Crippen LogP contribution in [0.25, 0.3) is 0 Å². The van der Waals surface area contributed by atoms with Crippen LogP contribution in [0.15, 0.2) is 40.8 Å². The highest BCUT2D eigenvalue weighted by molar-refractivity contribution is 7.89. The molecule has 2 aromatic rings. The Hall–Kier alpha value is -3.14. The van der Waals surface area contributed by atoms with E-state index in [-0.39, 0.29) is 23.4 Å². The van der Waals surface area contributed by atoms with E-state index in [4.69, 9.17) is 10.5 Å². The Kier molecular flexibility index (Phi) is 6.83. The summed E-state index contributed by atoms with van der Waals surface area (Å²) in [6.45, 7) is 4.71. The number of anilines is 1. The minimum absolute atomic E-state index is 0.0283. The third kappa shape index (κ3) is 5.44. The molecule has 1 aromatic heterocycles. The molecule has 2 aliphatic heterocycles.